The summed E-state index contributed by atoms with van der Waals surface area (Å²) in [7, 11) is 0. The second-order valence-electron chi connectivity index (χ2n) is 6.90. The molecule has 162 valence electrons. The molecule has 3 rings (SSSR count). The van der Waals surface area contributed by atoms with Crippen LogP contribution < -0.4 is 15.4 Å². The zero-order valence-corrected chi connectivity index (χ0v) is 17.3. The van der Waals surface area contributed by atoms with Gasteiger partial charge in [-0.15, -0.1) is 0 Å². The van der Waals surface area contributed by atoms with Gasteiger partial charge in [0.05, 0.1) is 18.5 Å². The van der Waals surface area contributed by atoms with Crippen LogP contribution in [0.15, 0.2) is 42.7 Å². The number of halogens is 2. The number of hydrogen-bond acceptors (Lipinski definition) is 7. The number of nitrogens with one attached hydrogen (secondary N) is 2. The number of amides is 1. The minimum absolute atomic E-state index is 0.165. The molecule has 0 saturated carbocycles. The van der Waals surface area contributed by atoms with Crippen LogP contribution in [0.4, 0.5) is 26.1 Å². The first kappa shape index (κ1) is 22.0. The molecule has 0 atom stereocenters. The molecular formula is C21H22F2N6O2. The lowest BCUT2D eigenvalue weighted by molar-refractivity contribution is -0.114. The fraction of sp³-hybridized carbons (Fsp3) is 0.286. The fourth-order valence-electron chi connectivity index (χ4n) is 2.68. The number of alkyl halides is 2. The van der Waals surface area contributed by atoms with E-state index in [1.807, 2.05) is 18.2 Å². The van der Waals surface area contributed by atoms with Gasteiger partial charge in [0.1, 0.15) is 11.6 Å². The van der Waals surface area contributed by atoms with Gasteiger partial charge in [-0.25, -0.2) is 15.0 Å². The molecule has 0 radical (unpaired) electrons. The Balaban J connectivity index is 1.85. The zero-order chi connectivity index (χ0) is 22.4. The number of pyridine rings is 2. The monoisotopic (exact) mass is 428 g/mol. The summed E-state index contributed by atoms with van der Waals surface area (Å²) in [6.45, 7) is 4.00. The van der Waals surface area contributed by atoms with E-state index in [9.17, 15) is 13.6 Å². The van der Waals surface area contributed by atoms with Gasteiger partial charge in [0.2, 0.25) is 11.7 Å². The molecule has 0 aliphatic carbocycles. The van der Waals surface area contributed by atoms with E-state index in [-0.39, 0.29) is 17.5 Å². The molecule has 0 fully saturated rings. The highest BCUT2D eigenvalue weighted by molar-refractivity contribution is 5.88. The summed E-state index contributed by atoms with van der Waals surface area (Å²) in [6, 6.07) is 8.67. The van der Waals surface area contributed by atoms with Crippen LogP contribution in [-0.4, -0.2) is 32.4 Å². The Bertz CT molecular complexity index is 1060. The molecule has 1 amide bonds. The number of anilines is 3. The lowest BCUT2D eigenvalue weighted by Gasteiger charge is -2.16. The third kappa shape index (κ3) is 6.39. The van der Waals surface area contributed by atoms with Crippen molar-refractivity contribution in [1.29, 1.82) is 0 Å². The molecule has 31 heavy (non-hydrogen) atoms. The topological polar surface area (TPSA) is 102 Å². The summed E-state index contributed by atoms with van der Waals surface area (Å²) >= 11 is 0. The molecule has 0 spiro atoms. The van der Waals surface area contributed by atoms with E-state index in [1.165, 1.54) is 19.2 Å². The number of rotatable bonds is 8. The van der Waals surface area contributed by atoms with E-state index in [0.717, 1.165) is 12.6 Å². The average Bonchev–Trinajstić information content (AvgIpc) is 2.69. The molecule has 0 saturated heterocycles. The first-order valence-corrected chi connectivity index (χ1v) is 9.52. The molecule has 0 bridgehead atoms. The van der Waals surface area contributed by atoms with Gasteiger partial charge < -0.3 is 15.4 Å². The van der Waals surface area contributed by atoms with Crippen molar-refractivity contribution in [2.75, 3.05) is 17.2 Å². The van der Waals surface area contributed by atoms with Crippen molar-refractivity contribution in [3.63, 3.8) is 0 Å². The van der Waals surface area contributed by atoms with Crippen molar-refractivity contribution in [3.8, 4) is 5.75 Å². The molecule has 10 heteroatoms. The smallest absolute Gasteiger partial charge is 0.303 e. The van der Waals surface area contributed by atoms with Crippen LogP contribution in [0.5, 0.6) is 5.75 Å². The lowest BCUT2D eigenvalue weighted by atomic mass is 10.3. The predicted octanol–water partition coefficient (Wildman–Crippen LogP) is 4.01. The van der Waals surface area contributed by atoms with Crippen molar-refractivity contribution in [3.05, 3.63) is 59.9 Å². The minimum atomic E-state index is -3.19. The van der Waals surface area contributed by atoms with E-state index in [4.69, 9.17) is 4.74 Å². The quantitative estimate of drug-likeness (QED) is 0.559. The summed E-state index contributed by atoms with van der Waals surface area (Å²) in [6.07, 6.45) is 3.70. The molecule has 3 aromatic rings. The van der Waals surface area contributed by atoms with Crippen LogP contribution in [0, 0.1) is 6.92 Å². The third-order valence-electron chi connectivity index (χ3n) is 4.02. The van der Waals surface area contributed by atoms with Crippen molar-refractivity contribution in [1.82, 2.24) is 19.9 Å². The van der Waals surface area contributed by atoms with Gasteiger partial charge in [-0.05, 0) is 19.1 Å². The van der Waals surface area contributed by atoms with Gasteiger partial charge in [0, 0.05) is 50.0 Å². The van der Waals surface area contributed by atoms with E-state index in [1.54, 1.807) is 19.2 Å². The number of carbonyl (C=O) groups excluding carboxylic acids is 1. The first-order valence-electron chi connectivity index (χ1n) is 9.52. The van der Waals surface area contributed by atoms with Gasteiger partial charge in [-0.3, -0.25) is 9.78 Å². The molecule has 0 aliphatic heterocycles. The SMILES string of the molecule is CC(=O)Nc1cc(Nc2cc(C)nc(C(C)(F)F)n2)c(OCCc2ccccn2)cn1. The first-order chi connectivity index (χ1) is 14.7. The highest BCUT2D eigenvalue weighted by Crippen LogP contribution is 2.31. The molecular weight excluding hydrogens is 406 g/mol. The molecule has 2 N–H and O–H groups in total. The summed E-state index contributed by atoms with van der Waals surface area (Å²) in [4.78, 5) is 27.5. The number of nitrogens with zero attached hydrogens (tertiary/aromatic N) is 4. The van der Waals surface area contributed by atoms with E-state index >= 15 is 0 Å². The van der Waals surface area contributed by atoms with Crippen LogP contribution in [-0.2, 0) is 17.1 Å². The Morgan fingerprint density at radius 1 is 1.16 bits per heavy atom. The van der Waals surface area contributed by atoms with Gasteiger partial charge >= 0.3 is 5.92 Å². The zero-order valence-electron chi connectivity index (χ0n) is 17.3. The molecule has 0 aromatic carbocycles. The third-order valence-corrected chi connectivity index (χ3v) is 4.02. The van der Waals surface area contributed by atoms with Gasteiger partial charge in [-0.2, -0.15) is 8.78 Å². The van der Waals surface area contributed by atoms with Crippen molar-refractivity contribution in [2.45, 2.75) is 33.1 Å². The average molecular weight is 428 g/mol. The maximum absolute atomic E-state index is 13.7. The molecule has 3 aromatic heterocycles. The van der Waals surface area contributed by atoms with E-state index in [2.05, 4.69) is 30.6 Å². The van der Waals surface area contributed by atoms with Crippen molar-refractivity contribution < 1.29 is 18.3 Å². The van der Waals surface area contributed by atoms with Gasteiger partial charge in [0.25, 0.3) is 0 Å². The summed E-state index contributed by atoms with van der Waals surface area (Å²) in [5.74, 6) is -3.27. The minimum Gasteiger partial charge on any atom is -0.489 e. The number of aryl methyl sites for hydroxylation is 1. The highest BCUT2D eigenvalue weighted by Gasteiger charge is 2.29. The fourth-order valence-corrected chi connectivity index (χ4v) is 2.68. The Labute approximate surface area is 178 Å². The predicted molar refractivity (Wildman–Crippen MR) is 112 cm³/mol. The lowest BCUT2D eigenvalue weighted by Crippen LogP contribution is -2.15. The standard InChI is InChI=1S/C21H22F2N6O2/c1-13-10-19(29-20(26-13)21(3,22)23)28-16-11-18(27-14(2)30)25-12-17(16)31-9-7-15-6-4-5-8-24-15/h4-6,8,10-12H,7,9H2,1-3H3,(H2,25,26,27,28,29,30). The van der Waals surface area contributed by atoms with Crippen molar-refractivity contribution >= 4 is 23.2 Å². The van der Waals surface area contributed by atoms with Crippen LogP contribution in [0.3, 0.4) is 0 Å². The van der Waals surface area contributed by atoms with Crippen LogP contribution in [0.25, 0.3) is 0 Å². The van der Waals surface area contributed by atoms with E-state index < -0.39 is 11.7 Å². The molecule has 8 nitrogen and oxygen atoms in total. The maximum atomic E-state index is 13.7. The number of carbonyl (C=O) groups is 1. The Morgan fingerprint density at radius 2 is 1.97 bits per heavy atom. The second kappa shape index (κ2) is 9.41. The Hall–Kier alpha value is -3.69. The molecule has 3 heterocycles. The maximum Gasteiger partial charge on any atom is 0.303 e. The summed E-state index contributed by atoms with van der Waals surface area (Å²) in [5.41, 5.74) is 1.65. The molecule has 0 unspecified atom stereocenters. The van der Waals surface area contributed by atoms with Crippen molar-refractivity contribution in [2.24, 2.45) is 0 Å². The van der Waals surface area contributed by atoms with Crippen LogP contribution in [0.2, 0.25) is 0 Å². The molecule has 0 aliphatic rings. The normalized spacial score (nSPS) is 11.1. The van der Waals surface area contributed by atoms with Gasteiger partial charge in [0.15, 0.2) is 5.75 Å². The van der Waals surface area contributed by atoms with Crippen LogP contribution in [0.1, 0.15) is 31.1 Å². The van der Waals surface area contributed by atoms with Gasteiger partial charge in [-0.1, -0.05) is 6.07 Å². The second-order valence-corrected chi connectivity index (χ2v) is 6.90. The Morgan fingerprint density at radius 3 is 2.65 bits per heavy atom. The number of aromatic nitrogens is 4. The van der Waals surface area contributed by atoms with Crippen LogP contribution >= 0.6 is 0 Å². The largest absolute Gasteiger partial charge is 0.489 e. The number of ether oxygens (including phenoxy) is 1. The Kier molecular flexibility index (Phi) is 6.68. The summed E-state index contributed by atoms with van der Waals surface area (Å²) in [5, 5.41) is 5.55. The number of hydrogen-bond donors (Lipinski definition) is 2. The van der Waals surface area contributed by atoms with E-state index in [0.29, 0.717) is 30.2 Å². The summed E-state index contributed by atoms with van der Waals surface area (Å²) < 4.78 is 33.3. The highest BCUT2D eigenvalue weighted by atomic mass is 19.3.